The van der Waals surface area contributed by atoms with Crippen molar-refractivity contribution in [2.24, 2.45) is 5.92 Å². The molecule has 2 N–H and O–H groups in total. The third kappa shape index (κ3) is 9.92. The topological polar surface area (TPSA) is 87.7 Å². The van der Waals surface area contributed by atoms with E-state index in [0.717, 1.165) is 24.0 Å². The van der Waals surface area contributed by atoms with Gasteiger partial charge in [-0.1, -0.05) is 94.6 Å². The second-order valence-corrected chi connectivity index (χ2v) is 11.9. The molecule has 0 aliphatic heterocycles. The molecular formula is C33H46ClN3O4. The number of anilines is 1. The van der Waals surface area contributed by atoms with Gasteiger partial charge in [0, 0.05) is 6.54 Å². The molecule has 8 heteroatoms. The van der Waals surface area contributed by atoms with Gasteiger partial charge in [0.2, 0.25) is 5.91 Å². The van der Waals surface area contributed by atoms with E-state index in [4.69, 9.17) is 16.3 Å². The van der Waals surface area contributed by atoms with Crippen LogP contribution in [0.5, 0.6) is 0 Å². The van der Waals surface area contributed by atoms with Crippen LogP contribution in [-0.4, -0.2) is 41.0 Å². The Morgan fingerprint density at radius 3 is 2.37 bits per heavy atom. The second kappa shape index (κ2) is 15.6. The van der Waals surface area contributed by atoms with E-state index < -0.39 is 29.7 Å². The van der Waals surface area contributed by atoms with E-state index in [0.29, 0.717) is 35.7 Å². The number of para-hydroxylation sites is 1. The molecule has 0 aliphatic carbocycles. The SMILES string of the molecule is C=Cc1cccc(C(C(=O)Nc2c(C)cccc2Cl)N(CCCCC)C(=O)C(NC(=O)OC(C)(C)C)C(C)CC)c1. The first-order valence-electron chi connectivity index (χ1n) is 14.4. The van der Waals surface area contributed by atoms with Crippen LogP contribution in [0.1, 0.15) is 90.0 Å². The lowest BCUT2D eigenvalue weighted by Gasteiger charge is -2.36. The van der Waals surface area contributed by atoms with Gasteiger partial charge in [0.25, 0.3) is 5.91 Å². The summed E-state index contributed by atoms with van der Waals surface area (Å²) in [5.74, 6) is -0.952. The van der Waals surface area contributed by atoms with Gasteiger partial charge in [-0.05, 0) is 68.9 Å². The van der Waals surface area contributed by atoms with E-state index in [1.807, 2.05) is 57.2 Å². The molecule has 3 atom stereocenters. The highest BCUT2D eigenvalue weighted by Crippen LogP contribution is 2.31. The highest BCUT2D eigenvalue weighted by atomic mass is 35.5. The minimum absolute atomic E-state index is 0.210. The summed E-state index contributed by atoms with van der Waals surface area (Å²) >= 11 is 6.47. The molecule has 0 saturated carbocycles. The number of carbonyl (C=O) groups is 3. The molecule has 2 aromatic rings. The van der Waals surface area contributed by atoms with Crippen molar-refractivity contribution in [2.75, 3.05) is 11.9 Å². The van der Waals surface area contributed by atoms with Crippen molar-refractivity contribution in [3.8, 4) is 0 Å². The van der Waals surface area contributed by atoms with E-state index in [1.165, 1.54) is 0 Å². The monoisotopic (exact) mass is 583 g/mol. The van der Waals surface area contributed by atoms with Crippen LogP contribution in [0.4, 0.5) is 10.5 Å². The molecule has 3 amide bonds. The number of unbranched alkanes of at least 4 members (excludes halogenated alkanes) is 2. The molecule has 3 unspecified atom stereocenters. The van der Waals surface area contributed by atoms with Gasteiger partial charge in [0.1, 0.15) is 17.7 Å². The van der Waals surface area contributed by atoms with E-state index in [2.05, 4.69) is 24.1 Å². The zero-order valence-electron chi connectivity index (χ0n) is 25.6. The zero-order valence-corrected chi connectivity index (χ0v) is 26.3. The standard InChI is InChI=1S/C33H46ClN3O4/c1-9-12-13-20-37(31(39)28(22(4)10-2)36-32(40)41-33(6,7)8)29(25-18-15-17-24(11-3)21-25)30(38)35-27-23(5)16-14-19-26(27)34/h11,14-19,21-22,28-29H,3,9-10,12-13,20H2,1-2,4-8H3,(H,35,38)(H,36,40). The zero-order chi connectivity index (χ0) is 30.7. The van der Waals surface area contributed by atoms with Crippen LogP contribution in [0.3, 0.4) is 0 Å². The minimum Gasteiger partial charge on any atom is -0.444 e. The summed E-state index contributed by atoms with van der Waals surface area (Å²) in [4.78, 5) is 43.0. The van der Waals surface area contributed by atoms with Gasteiger partial charge < -0.3 is 20.3 Å². The van der Waals surface area contributed by atoms with Gasteiger partial charge in [0.05, 0.1) is 10.7 Å². The Kier molecular flexibility index (Phi) is 12.9. The number of halogens is 1. The van der Waals surface area contributed by atoms with Gasteiger partial charge in [-0.25, -0.2) is 4.79 Å². The molecule has 41 heavy (non-hydrogen) atoms. The number of benzene rings is 2. The lowest BCUT2D eigenvalue weighted by atomic mass is 9.95. The molecule has 0 fully saturated rings. The molecule has 2 aromatic carbocycles. The van der Waals surface area contributed by atoms with Crippen molar-refractivity contribution in [1.82, 2.24) is 10.2 Å². The summed E-state index contributed by atoms with van der Waals surface area (Å²) in [6.07, 6.45) is 4.17. The quantitative estimate of drug-likeness (QED) is 0.234. The Labute approximate surface area is 250 Å². The maximum atomic E-state index is 14.4. The van der Waals surface area contributed by atoms with Crippen LogP contribution in [-0.2, 0) is 14.3 Å². The fraction of sp³-hybridized carbons (Fsp3) is 0.485. The molecule has 2 rings (SSSR count). The second-order valence-electron chi connectivity index (χ2n) is 11.4. The van der Waals surface area contributed by atoms with Gasteiger partial charge in [-0.15, -0.1) is 0 Å². The number of amides is 3. The lowest BCUT2D eigenvalue weighted by Crippen LogP contribution is -2.55. The average molecular weight is 584 g/mol. The van der Waals surface area contributed by atoms with Crippen LogP contribution in [0.2, 0.25) is 5.02 Å². The number of nitrogens with zero attached hydrogens (tertiary/aromatic N) is 1. The highest BCUT2D eigenvalue weighted by Gasteiger charge is 2.38. The summed E-state index contributed by atoms with van der Waals surface area (Å²) < 4.78 is 5.49. The molecule has 7 nitrogen and oxygen atoms in total. The third-order valence-corrected chi connectivity index (χ3v) is 7.24. The number of hydrogen-bond donors (Lipinski definition) is 2. The Hall–Kier alpha value is -3.32. The first kappa shape index (κ1) is 33.9. The lowest BCUT2D eigenvalue weighted by molar-refractivity contribution is -0.142. The predicted molar refractivity (Wildman–Crippen MR) is 168 cm³/mol. The highest BCUT2D eigenvalue weighted by molar-refractivity contribution is 6.34. The summed E-state index contributed by atoms with van der Waals surface area (Å²) in [5.41, 5.74) is 2.02. The van der Waals surface area contributed by atoms with Crippen LogP contribution in [0.15, 0.2) is 49.0 Å². The number of carbonyl (C=O) groups excluding carboxylic acids is 3. The number of nitrogens with one attached hydrogen (secondary N) is 2. The number of alkyl carbamates (subject to hydrolysis) is 1. The van der Waals surface area contributed by atoms with Crippen molar-refractivity contribution in [1.29, 1.82) is 0 Å². The van der Waals surface area contributed by atoms with Crippen molar-refractivity contribution in [3.05, 3.63) is 70.8 Å². The largest absolute Gasteiger partial charge is 0.444 e. The van der Waals surface area contributed by atoms with E-state index in [1.54, 1.807) is 37.8 Å². The van der Waals surface area contributed by atoms with Crippen molar-refractivity contribution >= 4 is 41.3 Å². The Bertz CT molecular complexity index is 1190. The molecule has 0 heterocycles. The fourth-order valence-electron chi connectivity index (χ4n) is 4.51. The van der Waals surface area contributed by atoms with Crippen LogP contribution in [0, 0.1) is 12.8 Å². The molecule has 0 radical (unpaired) electrons. The Morgan fingerprint density at radius 2 is 1.78 bits per heavy atom. The van der Waals surface area contributed by atoms with Gasteiger partial charge in [-0.2, -0.15) is 0 Å². The van der Waals surface area contributed by atoms with E-state index in [-0.39, 0.29) is 11.8 Å². The van der Waals surface area contributed by atoms with Crippen molar-refractivity contribution < 1.29 is 19.1 Å². The first-order valence-corrected chi connectivity index (χ1v) is 14.8. The van der Waals surface area contributed by atoms with Crippen molar-refractivity contribution in [3.63, 3.8) is 0 Å². The fourth-order valence-corrected chi connectivity index (χ4v) is 4.77. The van der Waals surface area contributed by atoms with Gasteiger partial charge in [-0.3, -0.25) is 9.59 Å². The molecular weight excluding hydrogens is 538 g/mol. The molecule has 0 bridgehead atoms. The maximum absolute atomic E-state index is 14.4. The molecule has 0 aromatic heterocycles. The maximum Gasteiger partial charge on any atom is 0.408 e. The summed E-state index contributed by atoms with van der Waals surface area (Å²) in [5, 5.41) is 6.21. The molecule has 224 valence electrons. The number of ether oxygens (including phenoxy) is 1. The van der Waals surface area contributed by atoms with Crippen molar-refractivity contribution in [2.45, 2.75) is 91.8 Å². The van der Waals surface area contributed by atoms with Crippen LogP contribution < -0.4 is 10.6 Å². The summed E-state index contributed by atoms with van der Waals surface area (Å²) in [6.45, 7) is 17.3. The number of hydrogen-bond acceptors (Lipinski definition) is 4. The third-order valence-electron chi connectivity index (χ3n) is 6.93. The van der Waals surface area contributed by atoms with E-state index >= 15 is 0 Å². The molecule has 0 aliphatic rings. The van der Waals surface area contributed by atoms with Crippen LogP contribution >= 0.6 is 11.6 Å². The number of rotatable bonds is 13. The molecule has 0 saturated heterocycles. The average Bonchev–Trinajstić information content (AvgIpc) is 2.91. The predicted octanol–water partition coefficient (Wildman–Crippen LogP) is 7.93. The summed E-state index contributed by atoms with van der Waals surface area (Å²) in [6, 6.07) is 10.9. The minimum atomic E-state index is -0.984. The van der Waals surface area contributed by atoms with Crippen LogP contribution in [0.25, 0.3) is 6.08 Å². The first-order chi connectivity index (χ1) is 19.3. The van der Waals surface area contributed by atoms with Gasteiger partial charge >= 0.3 is 6.09 Å². The molecule has 0 spiro atoms. The summed E-state index contributed by atoms with van der Waals surface area (Å²) in [7, 11) is 0. The smallest absolute Gasteiger partial charge is 0.408 e. The number of aryl methyl sites for hydroxylation is 1. The van der Waals surface area contributed by atoms with E-state index in [9.17, 15) is 14.4 Å². The Morgan fingerprint density at radius 1 is 1.10 bits per heavy atom. The normalized spacial score (nSPS) is 13.5. The van der Waals surface area contributed by atoms with Gasteiger partial charge in [0.15, 0.2) is 0 Å². The Balaban J connectivity index is 2.64.